The molecule has 1 fully saturated rings. The quantitative estimate of drug-likeness (QED) is 0.822. The van der Waals surface area contributed by atoms with Crippen LogP contribution < -0.4 is 10.0 Å². The molecule has 1 aromatic carbocycles. The van der Waals surface area contributed by atoms with Crippen molar-refractivity contribution in [3.05, 3.63) is 29.8 Å². The van der Waals surface area contributed by atoms with Gasteiger partial charge in [-0.05, 0) is 43.5 Å². The van der Waals surface area contributed by atoms with Crippen molar-refractivity contribution in [2.75, 3.05) is 7.05 Å². The summed E-state index contributed by atoms with van der Waals surface area (Å²) in [7, 11) is -1.54. The van der Waals surface area contributed by atoms with Crippen molar-refractivity contribution in [2.24, 2.45) is 5.92 Å². The Morgan fingerprint density at radius 1 is 1.10 bits per heavy atom. The first-order chi connectivity index (χ1) is 10.0. The smallest absolute Gasteiger partial charge is 0.240 e. The van der Waals surface area contributed by atoms with Gasteiger partial charge in [-0.1, -0.05) is 38.3 Å². The first-order valence-corrected chi connectivity index (χ1v) is 9.27. The Bertz CT molecular complexity index is 540. The molecule has 2 atom stereocenters. The number of benzene rings is 1. The fourth-order valence-electron chi connectivity index (χ4n) is 2.93. The van der Waals surface area contributed by atoms with Crippen LogP contribution in [0.3, 0.4) is 0 Å². The Hall–Kier alpha value is -0.910. The lowest BCUT2D eigenvalue weighted by Gasteiger charge is -2.22. The topological polar surface area (TPSA) is 58.2 Å². The van der Waals surface area contributed by atoms with Gasteiger partial charge in [-0.3, -0.25) is 0 Å². The molecule has 1 aliphatic rings. The second kappa shape index (κ2) is 7.38. The molecule has 0 amide bonds. The Kier molecular flexibility index (Phi) is 5.79. The summed E-state index contributed by atoms with van der Waals surface area (Å²) in [6, 6.07) is 7.17. The van der Waals surface area contributed by atoms with E-state index in [9.17, 15) is 8.42 Å². The normalized spacial score (nSPS) is 23.7. The summed E-state index contributed by atoms with van der Waals surface area (Å²) in [5, 5.41) is 3.06. The summed E-state index contributed by atoms with van der Waals surface area (Å²) in [6.07, 6.45) is 5.57. The molecule has 0 aliphatic heterocycles. The highest BCUT2D eigenvalue weighted by atomic mass is 32.2. The average molecular weight is 310 g/mol. The minimum Gasteiger partial charge on any atom is -0.316 e. The SMILES string of the molecule is CNCc1ccc(S(=O)(=O)NC2CCCCCC2C)cc1. The number of rotatable bonds is 5. The molecule has 0 aromatic heterocycles. The van der Waals surface area contributed by atoms with Crippen LogP contribution in [0.5, 0.6) is 0 Å². The Morgan fingerprint density at radius 3 is 2.43 bits per heavy atom. The molecule has 21 heavy (non-hydrogen) atoms. The highest BCUT2D eigenvalue weighted by Crippen LogP contribution is 2.24. The molecular formula is C16H26N2O2S. The predicted molar refractivity (Wildman–Crippen MR) is 85.6 cm³/mol. The molecule has 2 unspecified atom stereocenters. The Labute approximate surface area is 128 Å². The largest absolute Gasteiger partial charge is 0.316 e. The number of hydrogen-bond donors (Lipinski definition) is 2. The third-order valence-corrected chi connectivity index (χ3v) is 5.79. The molecule has 5 heteroatoms. The van der Waals surface area contributed by atoms with Crippen LogP contribution in [0.2, 0.25) is 0 Å². The van der Waals surface area contributed by atoms with E-state index in [1.807, 2.05) is 19.2 Å². The maximum atomic E-state index is 12.5. The Morgan fingerprint density at radius 2 is 1.76 bits per heavy atom. The zero-order valence-electron chi connectivity index (χ0n) is 12.9. The molecule has 2 N–H and O–H groups in total. The van der Waals surface area contributed by atoms with E-state index in [4.69, 9.17) is 0 Å². The van der Waals surface area contributed by atoms with Gasteiger partial charge in [-0.15, -0.1) is 0 Å². The van der Waals surface area contributed by atoms with E-state index in [1.54, 1.807) is 12.1 Å². The van der Waals surface area contributed by atoms with Crippen molar-refractivity contribution in [1.29, 1.82) is 0 Å². The molecule has 2 rings (SSSR count). The van der Waals surface area contributed by atoms with Crippen LogP contribution in [0, 0.1) is 5.92 Å². The van der Waals surface area contributed by atoms with Gasteiger partial charge >= 0.3 is 0 Å². The lowest BCUT2D eigenvalue weighted by Crippen LogP contribution is -2.38. The van der Waals surface area contributed by atoms with Crippen LogP contribution in [0.1, 0.15) is 44.6 Å². The van der Waals surface area contributed by atoms with Gasteiger partial charge < -0.3 is 5.32 Å². The van der Waals surface area contributed by atoms with Gasteiger partial charge in [0, 0.05) is 12.6 Å². The summed E-state index contributed by atoms with van der Waals surface area (Å²) in [4.78, 5) is 0.360. The highest BCUT2D eigenvalue weighted by Gasteiger charge is 2.25. The molecule has 1 aromatic rings. The van der Waals surface area contributed by atoms with Crippen molar-refractivity contribution in [3.8, 4) is 0 Å². The van der Waals surface area contributed by atoms with Crippen molar-refractivity contribution in [2.45, 2.75) is 56.5 Å². The van der Waals surface area contributed by atoms with Crippen LogP contribution in [-0.4, -0.2) is 21.5 Å². The third-order valence-electron chi connectivity index (χ3n) is 4.28. The molecule has 0 bridgehead atoms. The summed E-state index contributed by atoms with van der Waals surface area (Å²) >= 11 is 0. The van der Waals surface area contributed by atoms with Crippen LogP contribution in [0.25, 0.3) is 0 Å². The number of nitrogens with one attached hydrogen (secondary N) is 2. The molecule has 0 heterocycles. The molecule has 118 valence electrons. The van der Waals surface area contributed by atoms with Crippen molar-refractivity contribution >= 4 is 10.0 Å². The molecule has 1 aliphatic carbocycles. The molecule has 0 radical (unpaired) electrons. The zero-order chi connectivity index (χ0) is 15.3. The van der Waals surface area contributed by atoms with Gasteiger partial charge in [0.05, 0.1) is 4.90 Å². The van der Waals surface area contributed by atoms with Crippen molar-refractivity contribution in [1.82, 2.24) is 10.0 Å². The molecule has 0 spiro atoms. The summed E-state index contributed by atoms with van der Waals surface area (Å²) < 4.78 is 27.9. The van der Waals surface area contributed by atoms with Gasteiger partial charge in [-0.25, -0.2) is 13.1 Å². The fraction of sp³-hybridized carbons (Fsp3) is 0.625. The standard InChI is InChI=1S/C16H26N2O2S/c1-13-6-4-3-5-7-16(13)18-21(19,20)15-10-8-14(9-11-15)12-17-2/h8-11,13,16-18H,3-7,12H2,1-2H3. The van der Waals surface area contributed by atoms with Gasteiger partial charge in [0.2, 0.25) is 10.0 Å². The summed E-state index contributed by atoms with van der Waals surface area (Å²) in [5.41, 5.74) is 1.08. The molecule has 4 nitrogen and oxygen atoms in total. The highest BCUT2D eigenvalue weighted by molar-refractivity contribution is 7.89. The van der Waals surface area contributed by atoms with Crippen molar-refractivity contribution < 1.29 is 8.42 Å². The lowest BCUT2D eigenvalue weighted by molar-refractivity contribution is 0.399. The Balaban J connectivity index is 2.09. The number of sulfonamides is 1. The van der Waals surface area contributed by atoms with E-state index in [2.05, 4.69) is 17.0 Å². The van der Waals surface area contributed by atoms with E-state index in [0.29, 0.717) is 10.8 Å². The average Bonchev–Trinajstić information content (AvgIpc) is 2.65. The van der Waals surface area contributed by atoms with Crippen LogP contribution in [-0.2, 0) is 16.6 Å². The van der Waals surface area contributed by atoms with Crippen LogP contribution >= 0.6 is 0 Å². The van der Waals surface area contributed by atoms with E-state index in [-0.39, 0.29) is 6.04 Å². The van der Waals surface area contributed by atoms with Gasteiger partial charge in [0.15, 0.2) is 0 Å². The fourth-order valence-corrected chi connectivity index (χ4v) is 4.31. The molecular weight excluding hydrogens is 284 g/mol. The first kappa shape index (κ1) is 16.5. The molecule has 1 saturated carbocycles. The summed E-state index contributed by atoms with van der Waals surface area (Å²) in [6.45, 7) is 2.89. The number of hydrogen-bond acceptors (Lipinski definition) is 3. The van der Waals surface area contributed by atoms with E-state index >= 15 is 0 Å². The monoisotopic (exact) mass is 310 g/mol. The molecule has 0 saturated heterocycles. The maximum Gasteiger partial charge on any atom is 0.240 e. The van der Waals surface area contributed by atoms with E-state index in [0.717, 1.165) is 31.4 Å². The van der Waals surface area contributed by atoms with Gasteiger partial charge in [0.1, 0.15) is 0 Å². The predicted octanol–water partition coefficient (Wildman–Crippen LogP) is 2.65. The lowest BCUT2D eigenvalue weighted by atomic mass is 9.98. The third kappa shape index (κ3) is 4.53. The maximum absolute atomic E-state index is 12.5. The van der Waals surface area contributed by atoms with Crippen molar-refractivity contribution in [3.63, 3.8) is 0 Å². The van der Waals surface area contributed by atoms with Crippen LogP contribution in [0.4, 0.5) is 0 Å². The summed E-state index contributed by atoms with van der Waals surface area (Å²) in [5.74, 6) is 0.408. The second-order valence-electron chi connectivity index (χ2n) is 6.02. The van der Waals surface area contributed by atoms with E-state index in [1.165, 1.54) is 12.8 Å². The van der Waals surface area contributed by atoms with E-state index < -0.39 is 10.0 Å². The first-order valence-electron chi connectivity index (χ1n) is 7.79. The van der Waals surface area contributed by atoms with Crippen LogP contribution in [0.15, 0.2) is 29.2 Å². The van der Waals surface area contributed by atoms with Gasteiger partial charge in [-0.2, -0.15) is 0 Å². The minimum atomic E-state index is -3.41. The zero-order valence-corrected chi connectivity index (χ0v) is 13.7. The van der Waals surface area contributed by atoms with Gasteiger partial charge in [0.25, 0.3) is 0 Å². The second-order valence-corrected chi connectivity index (χ2v) is 7.73. The minimum absolute atomic E-state index is 0.0643.